The number of ether oxygens (including phenoxy) is 1. The molecule has 1 unspecified atom stereocenters. The minimum absolute atomic E-state index is 0.0347. The molecular formula is C19H21N3O3S. The summed E-state index contributed by atoms with van der Waals surface area (Å²) in [5, 5.41) is 9.10. The van der Waals surface area contributed by atoms with Crippen molar-refractivity contribution >= 4 is 15.7 Å². The van der Waals surface area contributed by atoms with E-state index in [9.17, 15) is 8.42 Å². The van der Waals surface area contributed by atoms with Gasteiger partial charge in [-0.2, -0.15) is 5.26 Å². The average molecular weight is 371 g/mol. The van der Waals surface area contributed by atoms with Gasteiger partial charge in [-0.3, -0.25) is 0 Å². The van der Waals surface area contributed by atoms with Crippen molar-refractivity contribution in [1.82, 2.24) is 4.72 Å². The molecule has 26 heavy (non-hydrogen) atoms. The zero-order valence-electron chi connectivity index (χ0n) is 14.6. The first-order chi connectivity index (χ1) is 12.5. The van der Waals surface area contributed by atoms with Gasteiger partial charge in [0, 0.05) is 25.3 Å². The highest BCUT2D eigenvalue weighted by atomic mass is 32.2. The fourth-order valence-electron chi connectivity index (χ4n) is 3.13. The largest absolute Gasteiger partial charge is 0.497 e. The van der Waals surface area contributed by atoms with E-state index in [-0.39, 0.29) is 16.4 Å². The molecule has 3 rings (SSSR count). The number of sulfonamides is 1. The lowest BCUT2D eigenvalue weighted by atomic mass is 10.1. The number of methoxy groups -OCH3 is 1. The molecule has 0 bridgehead atoms. The van der Waals surface area contributed by atoms with Crippen molar-refractivity contribution in [3.05, 3.63) is 54.1 Å². The lowest BCUT2D eigenvalue weighted by Gasteiger charge is -2.19. The van der Waals surface area contributed by atoms with Gasteiger partial charge in [0.2, 0.25) is 10.0 Å². The molecule has 7 heteroatoms. The first-order valence-corrected chi connectivity index (χ1v) is 9.89. The van der Waals surface area contributed by atoms with Crippen LogP contribution in [0.2, 0.25) is 0 Å². The Morgan fingerprint density at radius 3 is 2.65 bits per heavy atom. The Morgan fingerprint density at radius 1 is 1.23 bits per heavy atom. The topological polar surface area (TPSA) is 82.4 Å². The molecule has 136 valence electrons. The SMILES string of the molecule is COc1ccc(N2CCC(CNS(=O)(=O)c3ccccc3C#N)C2)cc1. The Balaban J connectivity index is 1.61. The van der Waals surface area contributed by atoms with Gasteiger partial charge in [0.1, 0.15) is 11.8 Å². The first kappa shape index (κ1) is 18.2. The standard InChI is InChI=1S/C19H21N3O3S/c1-25-18-8-6-17(7-9-18)22-11-10-15(14-22)13-21-26(23,24)19-5-3-2-4-16(19)12-20/h2-9,15,21H,10-11,13-14H2,1H3. The minimum atomic E-state index is -3.69. The van der Waals surface area contributed by atoms with Gasteiger partial charge in [-0.05, 0) is 48.7 Å². The number of rotatable bonds is 6. The molecule has 1 fully saturated rings. The van der Waals surface area contributed by atoms with Crippen LogP contribution in [0.3, 0.4) is 0 Å². The van der Waals surface area contributed by atoms with Crippen LogP contribution in [-0.2, 0) is 10.0 Å². The molecule has 2 aromatic rings. The Bertz CT molecular complexity index is 904. The van der Waals surface area contributed by atoms with E-state index in [1.54, 1.807) is 19.2 Å². The lowest BCUT2D eigenvalue weighted by molar-refractivity contribution is 0.415. The molecule has 0 spiro atoms. The minimum Gasteiger partial charge on any atom is -0.497 e. The lowest BCUT2D eigenvalue weighted by Crippen LogP contribution is -2.31. The molecule has 1 saturated heterocycles. The molecule has 1 aliphatic rings. The third-order valence-corrected chi connectivity index (χ3v) is 6.06. The van der Waals surface area contributed by atoms with E-state index >= 15 is 0 Å². The molecule has 1 N–H and O–H groups in total. The van der Waals surface area contributed by atoms with E-state index in [2.05, 4.69) is 9.62 Å². The zero-order valence-corrected chi connectivity index (χ0v) is 15.4. The molecule has 6 nitrogen and oxygen atoms in total. The van der Waals surface area contributed by atoms with Crippen molar-refractivity contribution in [3.8, 4) is 11.8 Å². The number of nitrogens with zero attached hydrogens (tertiary/aromatic N) is 2. The molecule has 1 atom stereocenters. The molecule has 0 saturated carbocycles. The van der Waals surface area contributed by atoms with Crippen LogP contribution < -0.4 is 14.4 Å². The Labute approximate surface area is 154 Å². The van der Waals surface area contributed by atoms with Crippen LogP contribution in [0.15, 0.2) is 53.4 Å². The summed E-state index contributed by atoms with van der Waals surface area (Å²) in [6, 6.07) is 16.0. The van der Waals surface area contributed by atoms with Crippen molar-refractivity contribution in [3.63, 3.8) is 0 Å². The Kier molecular flexibility index (Phi) is 5.45. The smallest absolute Gasteiger partial charge is 0.241 e. The van der Waals surface area contributed by atoms with Gasteiger partial charge in [-0.1, -0.05) is 12.1 Å². The van der Waals surface area contributed by atoms with Crippen LogP contribution in [-0.4, -0.2) is 35.2 Å². The highest BCUT2D eigenvalue weighted by Crippen LogP contribution is 2.26. The fourth-order valence-corrected chi connectivity index (χ4v) is 4.40. The summed E-state index contributed by atoms with van der Waals surface area (Å²) in [5.41, 5.74) is 1.26. The van der Waals surface area contributed by atoms with Crippen LogP contribution in [0.25, 0.3) is 0 Å². The zero-order chi connectivity index (χ0) is 18.6. The second-order valence-corrected chi connectivity index (χ2v) is 7.99. The van der Waals surface area contributed by atoms with E-state index < -0.39 is 10.0 Å². The molecule has 0 amide bonds. The molecule has 0 aliphatic carbocycles. The number of benzene rings is 2. The molecule has 1 heterocycles. The summed E-state index contributed by atoms with van der Waals surface area (Å²) in [4.78, 5) is 2.27. The molecule has 0 radical (unpaired) electrons. The van der Waals surface area contributed by atoms with Gasteiger partial charge >= 0.3 is 0 Å². The van der Waals surface area contributed by atoms with Crippen LogP contribution in [0, 0.1) is 17.2 Å². The van der Waals surface area contributed by atoms with Crippen molar-refractivity contribution < 1.29 is 13.2 Å². The second-order valence-electron chi connectivity index (χ2n) is 6.26. The molecular weight excluding hydrogens is 350 g/mol. The highest BCUT2D eigenvalue weighted by molar-refractivity contribution is 7.89. The predicted octanol–water partition coefficient (Wildman–Crippen LogP) is 2.37. The van der Waals surface area contributed by atoms with Crippen molar-refractivity contribution in [2.45, 2.75) is 11.3 Å². The Hall–Kier alpha value is -2.56. The van der Waals surface area contributed by atoms with E-state index in [1.807, 2.05) is 30.3 Å². The maximum atomic E-state index is 12.5. The van der Waals surface area contributed by atoms with E-state index in [0.29, 0.717) is 6.54 Å². The van der Waals surface area contributed by atoms with E-state index in [0.717, 1.165) is 30.9 Å². The van der Waals surface area contributed by atoms with Crippen LogP contribution in [0.1, 0.15) is 12.0 Å². The van der Waals surface area contributed by atoms with Crippen molar-refractivity contribution in [2.24, 2.45) is 5.92 Å². The summed E-state index contributed by atoms with van der Waals surface area (Å²) in [5.74, 6) is 1.04. The first-order valence-electron chi connectivity index (χ1n) is 8.41. The van der Waals surface area contributed by atoms with Crippen LogP contribution >= 0.6 is 0 Å². The maximum absolute atomic E-state index is 12.5. The number of hydrogen-bond donors (Lipinski definition) is 1. The molecule has 1 aliphatic heterocycles. The fraction of sp³-hybridized carbons (Fsp3) is 0.316. The number of hydrogen-bond acceptors (Lipinski definition) is 5. The van der Waals surface area contributed by atoms with Crippen molar-refractivity contribution in [2.75, 3.05) is 31.6 Å². The highest BCUT2D eigenvalue weighted by Gasteiger charge is 2.25. The van der Waals surface area contributed by atoms with Crippen LogP contribution in [0.5, 0.6) is 5.75 Å². The van der Waals surface area contributed by atoms with Gasteiger partial charge in [0.15, 0.2) is 0 Å². The summed E-state index contributed by atoms with van der Waals surface area (Å²) >= 11 is 0. The summed E-state index contributed by atoms with van der Waals surface area (Å²) < 4.78 is 32.8. The number of anilines is 1. The third-order valence-electron chi connectivity index (χ3n) is 4.58. The quantitative estimate of drug-likeness (QED) is 0.843. The average Bonchev–Trinajstić information content (AvgIpc) is 3.15. The summed E-state index contributed by atoms with van der Waals surface area (Å²) in [7, 11) is -2.05. The molecule has 2 aromatic carbocycles. The van der Waals surface area contributed by atoms with Gasteiger partial charge in [0.05, 0.1) is 17.6 Å². The van der Waals surface area contributed by atoms with Gasteiger partial charge in [0.25, 0.3) is 0 Å². The van der Waals surface area contributed by atoms with E-state index in [1.165, 1.54) is 12.1 Å². The van der Waals surface area contributed by atoms with Crippen LogP contribution in [0.4, 0.5) is 5.69 Å². The summed E-state index contributed by atoms with van der Waals surface area (Å²) in [6.07, 6.45) is 0.911. The van der Waals surface area contributed by atoms with Gasteiger partial charge in [-0.25, -0.2) is 13.1 Å². The Morgan fingerprint density at radius 2 is 1.96 bits per heavy atom. The van der Waals surface area contributed by atoms with Gasteiger partial charge < -0.3 is 9.64 Å². The predicted molar refractivity (Wildman–Crippen MR) is 99.7 cm³/mol. The normalized spacial score (nSPS) is 17.1. The monoisotopic (exact) mass is 371 g/mol. The number of nitrogens with one attached hydrogen (secondary N) is 1. The number of nitriles is 1. The van der Waals surface area contributed by atoms with Crippen molar-refractivity contribution in [1.29, 1.82) is 5.26 Å². The maximum Gasteiger partial charge on any atom is 0.241 e. The van der Waals surface area contributed by atoms with E-state index in [4.69, 9.17) is 10.00 Å². The molecule has 0 aromatic heterocycles. The van der Waals surface area contributed by atoms with Gasteiger partial charge in [-0.15, -0.1) is 0 Å². The third kappa shape index (κ3) is 3.98. The summed E-state index contributed by atoms with van der Waals surface area (Å²) in [6.45, 7) is 2.02. The second kappa shape index (κ2) is 7.77.